The lowest BCUT2D eigenvalue weighted by molar-refractivity contribution is -0.122. The van der Waals surface area contributed by atoms with Crippen LogP contribution < -0.4 is 19.7 Å². The number of carbonyl (C=O) groups is 3. The largest absolute Gasteiger partial charge is 0.493 e. The summed E-state index contributed by atoms with van der Waals surface area (Å²) < 4.78 is 12.2. The van der Waals surface area contributed by atoms with E-state index < -0.39 is 17.8 Å². The van der Waals surface area contributed by atoms with Crippen molar-refractivity contribution in [2.45, 2.75) is 6.42 Å². The number of urea groups is 1. The van der Waals surface area contributed by atoms with E-state index in [9.17, 15) is 14.4 Å². The average Bonchev–Trinajstić information content (AvgIpc) is 2.84. The molecule has 3 aromatic carbocycles. The quantitative estimate of drug-likeness (QED) is 0.257. The molecule has 0 unspecified atom stereocenters. The van der Waals surface area contributed by atoms with Crippen LogP contribution in [0.25, 0.3) is 6.08 Å². The van der Waals surface area contributed by atoms with Crippen molar-refractivity contribution in [2.24, 2.45) is 0 Å². The first kappa shape index (κ1) is 23.3. The molecule has 7 nitrogen and oxygen atoms in total. The summed E-state index contributed by atoms with van der Waals surface area (Å²) in [6, 6.07) is 22.4. The molecule has 4 rings (SSSR count). The average molecular weight is 521 g/mol. The first-order valence-corrected chi connectivity index (χ1v) is 11.4. The maximum atomic E-state index is 12.9. The summed E-state index contributed by atoms with van der Waals surface area (Å²) in [5, 5.41) is 2.22. The van der Waals surface area contributed by atoms with Gasteiger partial charge in [-0.15, -0.1) is 0 Å². The molecule has 1 saturated heterocycles. The van der Waals surface area contributed by atoms with Crippen LogP contribution in [-0.2, 0) is 9.59 Å². The van der Waals surface area contributed by atoms with Crippen molar-refractivity contribution in [3.05, 3.63) is 94.5 Å². The zero-order chi connectivity index (χ0) is 23.9. The lowest BCUT2D eigenvalue weighted by Gasteiger charge is -2.26. The monoisotopic (exact) mass is 520 g/mol. The van der Waals surface area contributed by atoms with E-state index in [1.54, 1.807) is 48.5 Å². The van der Waals surface area contributed by atoms with Crippen molar-refractivity contribution < 1.29 is 23.9 Å². The van der Waals surface area contributed by atoms with Gasteiger partial charge in [-0.25, -0.2) is 9.69 Å². The first-order valence-electron chi connectivity index (χ1n) is 10.6. The highest BCUT2D eigenvalue weighted by Gasteiger charge is 2.36. The highest BCUT2D eigenvalue weighted by Crippen LogP contribution is 2.24. The van der Waals surface area contributed by atoms with Crippen molar-refractivity contribution in [3.8, 4) is 11.5 Å². The number of nitrogens with zero attached hydrogens (tertiary/aromatic N) is 1. The molecule has 1 heterocycles. The van der Waals surface area contributed by atoms with Gasteiger partial charge in [-0.3, -0.25) is 14.9 Å². The van der Waals surface area contributed by atoms with E-state index in [0.717, 1.165) is 21.5 Å². The molecule has 34 heavy (non-hydrogen) atoms. The van der Waals surface area contributed by atoms with Crippen LogP contribution >= 0.6 is 15.9 Å². The van der Waals surface area contributed by atoms with Gasteiger partial charge in [0.25, 0.3) is 11.8 Å². The molecular formula is C26H21BrN2O5. The van der Waals surface area contributed by atoms with E-state index >= 15 is 0 Å². The van der Waals surface area contributed by atoms with E-state index in [4.69, 9.17) is 9.47 Å². The third-order valence-corrected chi connectivity index (χ3v) is 5.48. The number of anilines is 1. The minimum atomic E-state index is -0.783. The van der Waals surface area contributed by atoms with E-state index in [-0.39, 0.29) is 5.57 Å². The van der Waals surface area contributed by atoms with E-state index in [2.05, 4.69) is 21.2 Å². The lowest BCUT2D eigenvalue weighted by atomic mass is 10.1. The minimum absolute atomic E-state index is 0.130. The van der Waals surface area contributed by atoms with E-state index in [1.807, 2.05) is 30.3 Å². The number of imide groups is 2. The van der Waals surface area contributed by atoms with Crippen LogP contribution in [-0.4, -0.2) is 31.1 Å². The third-order valence-electron chi connectivity index (χ3n) is 4.95. The van der Waals surface area contributed by atoms with Gasteiger partial charge >= 0.3 is 6.03 Å². The van der Waals surface area contributed by atoms with Gasteiger partial charge in [-0.1, -0.05) is 46.3 Å². The fourth-order valence-electron chi connectivity index (χ4n) is 3.26. The Bertz CT molecular complexity index is 1210. The van der Waals surface area contributed by atoms with E-state index in [0.29, 0.717) is 30.2 Å². The summed E-state index contributed by atoms with van der Waals surface area (Å²) >= 11 is 3.32. The molecule has 0 spiro atoms. The van der Waals surface area contributed by atoms with Crippen LogP contribution in [0.1, 0.15) is 12.0 Å². The number of halogens is 1. The maximum Gasteiger partial charge on any atom is 0.335 e. The van der Waals surface area contributed by atoms with Crippen molar-refractivity contribution in [1.29, 1.82) is 0 Å². The molecule has 0 aliphatic carbocycles. The topological polar surface area (TPSA) is 84.9 Å². The molecule has 1 fully saturated rings. The minimum Gasteiger partial charge on any atom is -0.493 e. The summed E-state index contributed by atoms with van der Waals surface area (Å²) in [4.78, 5) is 38.5. The van der Waals surface area contributed by atoms with E-state index in [1.165, 1.54) is 6.08 Å². The molecule has 0 bridgehead atoms. The molecule has 1 aliphatic rings. The van der Waals surface area contributed by atoms with Crippen LogP contribution in [0.2, 0.25) is 0 Å². The van der Waals surface area contributed by atoms with Gasteiger partial charge in [0.15, 0.2) is 0 Å². The third kappa shape index (κ3) is 5.71. The molecule has 1 N–H and O–H groups in total. The van der Waals surface area contributed by atoms with Gasteiger partial charge in [0, 0.05) is 10.9 Å². The fourth-order valence-corrected chi connectivity index (χ4v) is 3.53. The fraction of sp³-hybridized carbons (Fsp3) is 0.115. The predicted molar refractivity (Wildman–Crippen MR) is 132 cm³/mol. The standard InChI is InChI=1S/C26H21BrN2O5/c27-19-9-11-20(12-10-19)29-25(31)23(24(30)28-26(29)32)17-18-7-13-22(14-8-18)34-16-4-15-33-21-5-2-1-3-6-21/h1-3,5-14,17H,4,15-16H2,(H,28,30,32). The number of ether oxygens (including phenoxy) is 2. The number of carbonyl (C=O) groups excluding carboxylic acids is 3. The number of hydrogen-bond donors (Lipinski definition) is 1. The Morgan fingerprint density at radius 1 is 0.794 bits per heavy atom. The van der Waals surface area contributed by atoms with Crippen molar-refractivity contribution in [1.82, 2.24) is 5.32 Å². The molecule has 172 valence electrons. The van der Waals surface area contributed by atoms with Crippen molar-refractivity contribution in [2.75, 3.05) is 18.1 Å². The van der Waals surface area contributed by atoms with Gasteiger partial charge in [0.05, 0.1) is 18.9 Å². The molecule has 3 aromatic rings. The summed E-state index contributed by atoms with van der Waals surface area (Å²) in [6.45, 7) is 1.03. The highest BCUT2D eigenvalue weighted by atomic mass is 79.9. The molecule has 8 heteroatoms. The Labute approximate surface area is 205 Å². The van der Waals surface area contributed by atoms with Crippen LogP contribution in [0.4, 0.5) is 10.5 Å². The Hall–Kier alpha value is -3.91. The Balaban J connectivity index is 1.36. The number of hydrogen-bond acceptors (Lipinski definition) is 5. The van der Waals surface area contributed by atoms with Crippen molar-refractivity contribution in [3.63, 3.8) is 0 Å². The number of rotatable bonds is 8. The summed E-state index contributed by atoms with van der Waals surface area (Å²) in [5.74, 6) is 0.0615. The lowest BCUT2D eigenvalue weighted by Crippen LogP contribution is -2.54. The van der Waals surface area contributed by atoms with Crippen LogP contribution in [0.15, 0.2) is 88.9 Å². The SMILES string of the molecule is O=C1NC(=O)N(c2ccc(Br)cc2)C(=O)C1=Cc1ccc(OCCCOc2ccccc2)cc1. The Morgan fingerprint density at radius 2 is 1.41 bits per heavy atom. The predicted octanol–water partition coefficient (Wildman–Crippen LogP) is 4.96. The molecule has 0 atom stereocenters. The summed E-state index contributed by atoms with van der Waals surface area (Å²) in [6.07, 6.45) is 2.17. The van der Waals surface area contributed by atoms with Gasteiger partial charge < -0.3 is 9.47 Å². The van der Waals surface area contributed by atoms with Crippen LogP contribution in [0.3, 0.4) is 0 Å². The van der Waals surface area contributed by atoms with Crippen molar-refractivity contribution >= 4 is 45.5 Å². The number of barbiturate groups is 1. The molecule has 0 saturated carbocycles. The number of para-hydroxylation sites is 1. The number of amides is 4. The molecule has 0 aromatic heterocycles. The molecule has 4 amide bonds. The smallest absolute Gasteiger partial charge is 0.335 e. The zero-order valence-electron chi connectivity index (χ0n) is 18.1. The zero-order valence-corrected chi connectivity index (χ0v) is 19.7. The van der Waals surface area contributed by atoms with Crippen LogP contribution in [0, 0.1) is 0 Å². The first-order chi connectivity index (χ1) is 16.5. The Morgan fingerprint density at radius 3 is 2.06 bits per heavy atom. The maximum absolute atomic E-state index is 12.9. The second-order valence-corrected chi connectivity index (χ2v) is 8.28. The highest BCUT2D eigenvalue weighted by molar-refractivity contribution is 9.10. The number of benzene rings is 3. The normalized spacial score (nSPS) is 14.8. The van der Waals surface area contributed by atoms with Gasteiger partial charge in [0.1, 0.15) is 17.1 Å². The second kappa shape index (κ2) is 10.8. The number of nitrogens with one attached hydrogen (secondary N) is 1. The summed E-state index contributed by atoms with van der Waals surface area (Å²) in [5.41, 5.74) is 0.863. The molecule has 1 aliphatic heterocycles. The van der Waals surface area contributed by atoms with Gasteiger partial charge in [0.2, 0.25) is 0 Å². The van der Waals surface area contributed by atoms with Gasteiger partial charge in [-0.05, 0) is 60.2 Å². The second-order valence-electron chi connectivity index (χ2n) is 7.37. The van der Waals surface area contributed by atoms with Gasteiger partial charge in [-0.2, -0.15) is 0 Å². The molecular weight excluding hydrogens is 500 g/mol. The van der Waals surface area contributed by atoms with Crippen LogP contribution in [0.5, 0.6) is 11.5 Å². The molecule has 0 radical (unpaired) electrons. The Kier molecular flexibility index (Phi) is 7.39. The summed E-state index contributed by atoms with van der Waals surface area (Å²) in [7, 11) is 0.